The van der Waals surface area contributed by atoms with Crippen LogP contribution >= 0.6 is 0 Å². The van der Waals surface area contributed by atoms with Crippen molar-refractivity contribution in [3.8, 4) is 0 Å². The van der Waals surface area contributed by atoms with Crippen molar-refractivity contribution >= 4 is 11.9 Å². The number of rotatable bonds is 0. The van der Waals surface area contributed by atoms with Crippen LogP contribution in [0.1, 0.15) is 5.56 Å². The standard InChI is InChI=1S/C9H7N2/c1-2-4-9-8(3-1)7-10-5-6-11-9/h1-2,4-7,11H. The van der Waals surface area contributed by atoms with Crippen LogP contribution in [0.4, 0.5) is 5.69 Å². The minimum atomic E-state index is 0.998. The van der Waals surface area contributed by atoms with Crippen LogP contribution in [0.2, 0.25) is 0 Å². The zero-order chi connectivity index (χ0) is 7.52. The minimum absolute atomic E-state index is 0.998. The number of nitrogens with zero attached hydrogens (tertiary/aromatic N) is 1. The van der Waals surface area contributed by atoms with Crippen molar-refractivity contribution in [3.63, 3.8) is 0 Å². The summed E-state index contributed by atoms with van der Waals surface area (Å²) in [6, 6.07) is 8.89. The van der Waals surface area contributed by atoms with Gasteiger partial charge in [-0.15, -0.1) is 0 Å². The second-order valence-electron chi connectivity index (χ2n) is 2.24. The van der Waals surface area contributed by atoms with Crippen molar-refractivity contribution in [1.29, 1.82) is 0 Å². The lowest BCUT2D eigenvalue weighted by Gasteiger charge is -2.00. The van der Waals surface area contributed by atoms with Gasteiger partial charge in [0.2, 0.25) is 0 Å². The monoisotopic (exact) mass is 143 g/mol. The third kappa shape index (κ3) is 1.15. The molecule has 0 amide bonds. The van der Waals surface area contributed by atoms with Crippen LogP contribution in [-0.2, 0) is 0 Å². The van der Waals surface area contributed by atoms with E-state index < -0.39 is 0 Å². The molecule has 0 aliphatic carbocycles. The molecule has 0 bridgehead atoms. The second kappa shape index (κ2) is 2.58. The van der Waals surface area contributed by atoms with E-state index in [2.05, 4.69) is 16.4 Å². The molecule has 1 radical (unpaired) electrons. The topological polar surface area (TPSA) is 24.4 Å². The van der Waals surface area contributed by atoms with Crippen LogP contribution in [0.5, 0.6) is 0 Å². The fraction of sp³-hybridized carbons (Fsp3) is 0. The molecule has 1 aromatic carbocycles. The first-order chi connectivity index (χ1) is 5.47. The molecule has 2 heteroatoms. The van der Waals surface area contributed by atoms with Gasteiger partial charge < -0.3 is 5.32 Å². The van der Waals surface area contributed by atoms with Crippen LogP contribution in [0, 0.1) is 6.07 Å². The van der Waals surface area contributed by atoms with E-state index in [4.69, 9.17) is 0 Å². The Hall–Kier alpha value is -1.57. The zero-order valence-corrected chi connectivity index (χ0v) is 5.91. The summed E-state index contributed by atoms with van der Waals surface area (Å²) in [6.45, 7) is 0. The minimum Gasteiger partial charge on any atom is -0.360 e. The van der Waals surface area contributed by atoms with Crippen molar-refractivity contribution in [1.82, 2.24) is 0 Å². The Kier molecular flexibility index (Phi) is 1.44. The van der Waals surface area contributed by atoms with Crippen molar-refractivity contribution in [2.45, 2.75) is 0 Å². The number of hydrogen-bond acceptors (Lipinski definition) is 2. The molecule has 0 unspecified atom stereocenters. The van der Waals surface area contributed by atoms with Gasteiger partial charge in [-0.25, -0.2) is 0 Å². The highest BCUT2D eigenvalue weighted by Crippen LogP contribution is 2.13. The van der Waals surface area contributed by atoms with Crippen LogP contribution in [0.15, 0.2) is 35.6 Å². The molecular weight excluding hydrogens is 136 g/mol. The molecule has 0 atom stereocenters. The molecule has 0 aromatic heterocycles. The summed E-state index contributed by atoms with van der Waals surface area (Å²) >= 11 is 0. The maximum atomic E-state index is 4.01. The Morgan fingerprint density at radius 2 is 2.45 bits per heavy atom. The highest BCUT2D eigenvalue weighted by atomic mass is 14.9. The Balaban J connectivity index is 2.52. The first-order valence-corrected chi connectivity index (χ1v) is 3.42. The van der Waals surface area contributed by atoms with Gasteiger partial charge in [0.05, 0.1) is 0 Å². The van der Waals surface area contributed by atoms with E-state index in [1.165, 1.54) is 0 Å². The Labute approximate surface area is 65.3 Å². The molecule has 2 nitrogen and oxygen atoms in total. The molecule has 1 heterocycles. The maximum Gasteiger partial charge on any atom is 0.0475 e. The molecule has 2 rings (SSSR count). The van der Waals surface area contributed by atoms with Crippen LogP contribution in [0.3, 0.4) is 0 Å². The first kappa shape index (κ1) is 6.16. The van der Waals surface area contributed by atoms with Crippen LogP contribution in [-0.4, -0.2) is 6.21 Å². The lowest BCUT2D eigenvalue weighted by atomic mass is 10.2. The molecule has 53 valence electrons. The summed E-state index contributed by atoms with van der Waals surface area (Å²) < 4.78 is 0. The predicted octanol–water partition coefficient (Wildman–Crippen LogP) is 1.80. The number of nitrogens with one attached hydrogen (secondary N) is 1. The van der Waals surface area contributed by atoms with Gasteiger partial charge in [0, 0.05) is 29.9 Å². The second-order valence-corrected chi connectivity index (χ2v) is 2.24. The quantitative estimate of drug-likeness (QED) is 0.588. The van der Waals surface area contributed by atoms with Crippen molar-refractivity contribution in [3.05, 3.63) is 42.2 Å². The van der Waals surface area contributed by atoms with Gasteiger partial charge in [-0.1, -0.05) is 12.1 Å². The highest BCUT2D eigenvalue weighted by molar-refractivity contribution is 5.88. The zero-order valence-electron chi connectivity index (χ0n) is 5.91. The fourth-order valence-electron chi connectivity index (χ4n) is 0.970. The summed E-state index contributed by atoms with van der Waals surface area (Å²) in [5, 5.41) is 3.09. The number of anilines is 1. The van der Waals surface area contributed by atoms with Gasteiger partial charge >= 0.3 is 0 Å². The summed E-state index contributed by atoms with van der Waals surface area (Å²) in [7, 11) is 0. The Morgan fingerprint density at radius 3 is 3.45 bits per heavy atom. The molecule has 11 heavy (non-hydrogen) atoms. The Morgan fingerprint density at radius 1 is 1.45 bits per heavy atom. The molecule has 0 spiro atoms. The summed E-state index contributed by atoms with van der Waals surface area (Å²) in [5.41, 5.74) is 2.04. The molecule has 0 saturated heterocycles. The van der Waals surface area contributed by atoms with E-state index in [1.807, 2.05) is 18.2 Å². The van der Waals surface area contributed by atoms with Gasteiger partial charge in [-0.2, -0.15) is 0 Å². The number of benzene rings is 1. The van der Waals surface area contributed by atoms with Crippen LogP contribution in [0.25, 0.3) is 0 Å². The largest absolute Gasteiger partial charge is 0.360 e. The Bertz CT molecular complexity index is 313. The number of hydrogen-bond donors (Lipinski definition) is 1. The third-order valence-electron chi connectivity index (χ3n) is 1.49. The molecule has 0 fully saturated rings. The summed E-state index contributed by atoms with van der Waals surface area (Å²) in [6.07, 6.45) is 5.30. The molecular formula is C9H7N2. The molecule has 0 saturated carbocycles. The highest BCUT2D eigenvalue weighted by Gasteiger charge is 1.97. The van der Waals surface area contributed by atoms with Gasteiger partial charge in [0.1, 0.15) is 0 Å². The summed E-state index contributed by atoms with van der Waals surface area (Å²) in [4.78, 5) is 4.01. The average molecular weight is 143 g/mol. The van der Waals surface area contributed by atoms with E-state index in [1.54, 1.807) is 18.6 Å². The predicted molar refractivity (Wildman–Crippen MR) is 45.6 cm³/mol. The SMILES string of the molecule is [c]1cccc2c1C=NC=CN2. The lowest BCUT2D eigenvalue weighted by Crippen LogP contribution is -1.90. The maximum absolute atomic E-state index is 4.01. The van der Waals surface area contributed by atoms with Crippen molar-refractivity contribution < 1.29 is 0 Å². The van der Waals surface area contributed by atoms with E-state index in [0.29, 0.717) is 0 Å². The average Bonchev–Trinajstić information content (AvgIpc) is 2.28. The van der Waals surface area contributed by atoms with E-state index in [-0.39, 0.29) is 0 Å². The number of fused-ring (bicyclic) bond motifs is 1. The van der Waals surface area contributed by atoms with Gasteiger partial charge in [0.25, 0.3) is 0 Å². The molecule has 1 aliphatic rings. The molecule has 1 aliphatic heterocycles. The van der Waals surface area contributed by atoms with Crippen molar-refractivity contribution in [2.75, 3.05) is 5.32 Å². The fourth-order valence-corrected chi connectivity index (χ4v) is 0.970. The molecule has 1 N–H and O–H groups in total. The third-order valence-corrected chi connectivity index (χ3v) is 1.49. The number of aliphatic imine (C=N–C) groups is 1. The first-order valence-electron chi connectivity index (χ1n) is 3.42. The lowest BCUT2D eigenvalue weighted by molar-refractivity contribution is 1.55. The van der Waals surface area contributed by atoms with E-state index >= 15 is 0 Å². The van der Waals surface area contributed by atoms with Gasteiger partial charge in [-0.05, 0) is 12.1 Å². The van der Waals surface area contributed by atoms with E-state index in [0.717, 1.165) is 11.3 Å². The molecule has 1 aromatic rings. The van der Waals surface area contributed by atoms with E-state index in [9.17, 15) is 0 Å². The summed E-state index contributed by atoms with van der Waals surface area (Å²) in [5.74, 6) is 0. The van der Waals surface area contributed by atoms with Crippen molar-refractivity contribution in [2.24, 2.45) is 4.99 Å². The van der Waals surface area contributed by atoms with Crippen LogP contribution < -0.4 is 5.32 Å². The van der Waals surface area contributed by atoms with Gasteiger partial charge in [-0.3, -0.25) is 4.99 Å². The van der Waals surface area contributed by atoms with Gasteiger partial charge in [0.15, 0.2) is 0 Å². The normalized spacial score (nSPS) is 13.5. The smallest absolute Gasteiger partial charge is 0.0475 e.